The van der Waals surface area contributed by atoms with Gasteiger partial charge in [-0.25, -0.2) is 0 Å². The molecule has 0 aromatic heterocycles. The molecule has 1 amide bonds. The third-order valence-electron chi connectivity index (χ3n) is 4.88. The summed E-state index contributed by atoms with van der Waals surface area (Å²) in [7, 11) is -0.665. The van der Waals surface area contributed by atoms with Gasteiger partial charge in [0.1, 0.15) is 5.66 Å². The molecule has 0 radical (unpaired) electrons. The van der Waals surface area contributed by atoms with Gasteiger partial charge >= 0.3 is 0 Å². The molecule has 160 valence electrons. The van der Waals surface area contributed by atoms with Gasteiger partial charge in [-0.15, -0.1) is 11.8 Å². The van der Waals surface area contributed by atoms with E-state index in [1.165, 1.54) is 20.0 Å². The monoisotopic (exact) mass is 467 g/mol. The smallest absolute Gasteiger partial charge is 0.237 e. The number of thioether (sulfide) groups is 1. The Kier molecular flexibility index (Phi) is 7.19. The molecule has 3 unspecified atom stereocenters. The van der Waals surface area contributed by atoms with Crippen molar-refractivity contribution in [2.45, 2.75) is 16.5 Å². The average Bonchev–Trinajstić information content (AvgIpc) is 3.09. The zero-order valence-corrected chi connectivity index (χ0v) is 19.3. The number of amides is 1. The highest BCUT2D eigenvalue weighted by Crippen LogP contribution is 2.54. The minimum absolute atomic E-state index is 0.399. The highest BCUT2D eigenvalue weighted by Gasteiger charge is 2.43. The molecule has 9 heteroatoms. The number of ether oxygens (including phenoxy) is 2. The average molecular weight is 468 g/mol. The molecule has 1 heterocycles. The van der Waals surface area contributed by atoms with E-state index in [0.29, 0.717) is 27.8 Å². The molecule has 0 spiro atoms. The van der Waals surface area contributed by atoms with Gasteiger partial charge in [0.25, 0.3) is 0 Å². The maximum absolute atomic E-state index is 12.9. The van der Waals surface area contributed by atoms with Gasteiger partial charge in [0, 0.05) is 40.0 Å². The van der Waals surface area contributed by atoms with E-state index < -0.39 is 24.9 Å². The molecule has 1 aliphatic heterocycles. The Hall–Kier alpha value is -1.92. The largest absolute Gasteiger partial charge is 0.493 e. The van der Waals surface area contributed by atoms with E-state index in [9.17, 15) is 14.3 Å². The Balaban J connectivity index is 1.83. The summed E-state index contributed by atoms with van der Waals surface area (Å²) in [5.41, 5.74) is 0.453. The molecule has 2 aromatic rings. The van der Waals surface area contributed by atoms with E-state index in [1.807, 2.05) is 12.1 Å². The molecule has 0 saturated heterocycles. The van der Waals surface area contributed by atoms with Crippen molar-refractivity contribution in [1.82, 2.24) is 5.32 Å². The third kappa shape index (κ3) is 4.86. The summed E-state index contributed by atoms with van der Waals surface area (Å²) in [6, 6.07) is 10.8. The van der Waals surface area contributed by atoms with Crippen LogP contribution in [0.4, 0.5) is 0 Å². The lowest BCUT2D eigenvalue weighted by Crippen LogP contribution is -2.36. The summed E-state index contributed by atoms with van der Waals surface area (Å²) < 4.78 is 23.3. The number of hydrogen-bond donors (Lipinski definition) is 2. The first kappa shape index (κ1) is 22.8. The van der Waals surface area contributed by atoms with E-state index in [-0.39, 0.29) is 0 Å². The van der Waals surface area contributed by atoms with Crippen LogP contribution in [0.3, 0.4) is 0 Å². The molecule has 0 bridgehead atoms. The van der Waals surface area contributed by atoms with Gasteiger partial charge < -0.3 is 19.7 Å². The van der Waals surface area contributed by atoms with Gasteiger partial charge in [0.05, 0.1) is 14.2 Å². The van der Waals surface area contributed by atoms with Crippen LogP contribution in [0.5, 0.6) is 11.5 Å². The number of hydrogen-bond acceptors (Lipinski definition) is 5. The summed E-state index contributed by atoms with van der Waals surface area (Å²) >= 11 is 7.67. The Morgan fingerprint density at radius 1 is 1.33 bits per heavy atom. The first-order valence-electron chi connectivity index (χ1n) is 9.16. The molecule has 30 heavy (non-hydrogen) atoms. The molecule has 6 nitrogen and oxygen atoms in total. The van der Waals surface area contributed by atoms with Crippen molar-refractivity contribution in [2.24, 2.45) is 0 Å². The van der Waals surface area contributed by atoms with Gasteiger partial charge in [-0.05, 0) is 35.9 Å². The molecular weight excluding hydrogens is 445 g/mol. The molecule has 0 saturated carbocycles. The Bertz CT molecular complexity index is 1020. The predicted octanol–water partition coefficient (Wildman–Crippen LogP) is 4.60. The molecule has 3 atom stereocenters. The second-order valence-corrected chi connectivity index (χ2v) is 10.9. The fourth-order valence-corrected chi connectivity index (χ4v) is 6.59. The van der Waals surface area contributed by atoms with E-state index in [4.69, 9.17) is 21.1 Å². The first-order chi connectivity index (χ1) is 14.3. The van der Waals surface area contributed by atoms with Crippen LogP contribution in [-0.2, 0) is 9.36 Å². The Labute approximate surface area is 185 Å². The normalized spacial score (nSPS) is 18.5. The number of benzene rings is 2. The van der Waals surface area contributed by atoms with Gasteiger partial charge in [-0.1, -0.05) is 23.7 Å². The lowest BCUT2D eigenvalue weighted by molar-refractivity contribution is -0.120. The number of nitrogens with one attached hydrogen (secondary N) is 1. The third-order valence-corrected chi connectivity index (χ3v) is 7.95. The second kappa shape index (κ2) is 9.48. The Morgan fingerprint density at radius 2 is 2.10 bits per heavy atom. The van der Waals surface area contributed by atoms with Gasteiger partial charge in [0.2, 0.25) is 13.3 Å². The van der Waals surface area contributed by atoms with Gasteiger partial charge in [-0.2, -0.15) is 0 Å². The Morgan fingerprint density at radius 3 is 2.77 bits per heavy atom. The van der Waals surface area contributed by atoms with Crippen molar-refractivity contribution in [3.63, 3.8) is 0 Å². The van der Waals surface area contributed by atoms with Crippen LogP contribution < -0.4 is 14.8 Å². The van der Waals surface area contributed by atoms with Crippen LogP contribution in [0, 0.1) is 0 Å². The topological polar surface area (TPSA) is 84.9 Å². The number of rotatable bonds is 7. The molecule has 0 fully saturated rings. The fraction of sp³-hybridized carbons (Fsp3) is 0.286. The standard InChI is InChI=1S/C21H23ClNO5PS/c1-27-17-6-4-5-13(19(17)28-2)9-10-23-21(24)20(29(3,25)26)16-12-30-18-8-7-14(22)11-15(16)18/h4-11,16,20H,12H2,1-3H3,(H,23,24)(H,25,26)/b10-9+. The highest BCUT2D eigenvalue weighted by atomic mass is 35.5. The van der Waals surface area contributed by atoms with Crippen molar-refractivity contribution >= 4 is 42.7 Å². The van der Waals surface area contributed by atoms with Crippen LogP contribution in [0.2, 0.25) is 5.02 Å². The van der Waals surface area contributed by atoms with Crippen LogP contribution >= 0.6 is 30.7 Å². The molecular formula is C21H23ClNO5PS. The van der Waals surface area contributed by atoms with E-state index >= 15 is 0 Å². The lowest BCUT2D eigenvalue weighted by atomic mass is 9.97. The van der Waals surface area contributed by atoms with Gasteiger partial charge in [0.15, 0.2) is 11.5 Å². The van der Waals surface area contributed by atoms with E-state index in [2.05, 4.69) is 5.32 Å². The maximum Gasteiger partial charge on any atom is 0.237 e. The summed E-state index contributed by atoms with van der Waals surface area (Å²) in [4.78, 5) is 24.3. The van der Waals surface area contributed by atoms with Crippen molar-refractivity contribution < 1.29 is 23.7 Å². The summed E-state index contributed by atoms with van der Waals surface area (Å²) in [5, 5.41) is 3.19. The van der Waals surface area contributed by atoms with Crippen LogP contribution in [0.25, 0.3) is 6.08 Å². The fourth-order valence-electron chi connectivity index (χ4n) is 3.55. The number of carbonyl (C=O) groups excluding carboxylic acids is 1. The number of fused-ring (bicyclic) bond motifs is 1. The van der Waals surface area contributed by atoms with Gasteiger partial charge in [-0.3, -0.25) is 9.36 Å². The maximum atomic E-state index is 12.9. The highest BCUT2D eigenvalue weighted by molar-refractivity contribution is 7.99. The molecule has 2 aromatic carbocycles. The molecule has 2 N–H and O–H groups in total. The zero-order valence-electron chi connectivity index (χ0n) is 16.8. The minimum Gasteiger partial charge on any atom is -0.493 e. The quantitative estimate of drug-likeness (QED) is 0.579. The number of carbonyl (C=O) groups is 1. The van der Waals surface area contributed by atoms with Crippen LogP contribution in [-0.4, -0.2) is 43.1 Å². The van der Waals surface area contributed by atoms with Crippen LogP contribution in [0.1, 0.15) is 17.0 Å². The van der Waals surface area contributed by atoms with Crippen molar-refractivity contribution in [3.8, 4) is 11.5 Å². The predicted molar refractivity (Wildman–Crippen MR) is 121 cm³/mol. The summed E-state index contributed by atoms with van der Waals surface area (Å²) in [6.07, 6.45) is 3.10. The summed E-state index contributed by atoms with van der Waals surface area (Å²) in [5.74, 6) is 0.721. The number of halogens is 1. The molecule has 1 aliphatic rings. The zero-order chi connectivity index (χ0) is 21.9. The SMILES string of the molecule is COc1cccc(/C=C/NC(=O)C(C2CSc3ccc(Cl)cc32)P(C)(=O)O)c1OC. The first-order valence-corrected chi connectivity index (χ1v) is 12.7. The van der Waals surface area contributed by atoms with E-state index in [0.717, 1.165) is 10.5 Å². The van der Waals surface area contributed by atoms with E-state index in [1.54, 1.807) is 49.2 Å². The minimum atomic E-state index is -3.74. The summed E-state index contributed by atoms with van der Waals surface area (Å²) in [6.45, 7) is 1.22. The van der Waals surface area contributed by atoms with Crippen LogP contribution in [0.15, 0.2) is 47.5 Å². The van der Waals surface area contributed by atoms with Crippen molar-refractivity contribution in [1.29, 1.82) is 0 Å². The lowest BCUT2D eigenvalue weighted by Gasteiger charge is -2.25. The second-order valence-electron chi connectivity index (χ2n) is 6.91. The molecule has 3 rings (SSSR count). The van der Waals surface area contributed by atoms with Crippen molar-refractivity contribution in [2.75, 3.05) is 26.6 Å². The number of para-hydroxylation sites is 1. The van der Waals surface area contributed by atoms with Crippen molar-refractivity contribution in [3.05, 3.63) is 58.7 Å². The molecule has 0 aliphatic carbocycles. The number of methoxy groups -OCH3 is 2.